The molecular weight excluding hydrogens is 268 g/mol. The molecule has 0 atom stereocenters. The van der Waals surface area contributed by atoms with Gasteiger partial charge in [-0.3, -0.25) is 4.79 Å². The van der Waals surface area contributed by atoms with Gasteiger partial charge in [0.15, 0.2) is 0 Å². The van der Waals surface area contributed by atoms with Crippen molar-refractivity contribution in [3.05, 3.63) is 30.0 Å². The van der Waals surface area contributed by atoms with Crippen molar-refractivity contribution in [1.29, 1.82) is 0 Å². The number of aromatic nitrogens is 1. The maximum Gasteiger partial charge on any atom is 0.224 e. The van der Waals surface area contributed by atoms with Gasteiger partial charge in [-0.1, -0.05) is 0 Å². The number of amides is 1. The van der Waals surface area contributed by atoms with Gasteiger partial charge in [0.05, 0.1) is 20.1 Å². The zero-order chi connectivity index (χ0) is 14.9. The summed E-state index contributed by atoms with van der Waals surface area (Å²) in [4.78, 5) is 15.2. The molecule has 21 heavy (non-hydrogen) atoms. The lowest BCUT2D eigenvalue weighted by molar-refractivity contribution is -0.120. The second-order valence-electron chi connectivity index (χ2n) is 5.84. The first-order valence-corrected chi connectivity index (χ1v) is 7.17. The molecular formula is C16H20N2O3. The van der Waals surface area contributed by atoms with Crippen LogP contribution in [0, 0.1) is 5.41 Å². The molecule has 112 valence electrons. The third-order valence-electron chi connectivity index (χ3n) is 4.28. The van der Waals surface area contributed by atoms with Crippen LogP contribution in [0.5, 0.6) is 5.75 Å². The molecule has 2 aromatic rings. The van der Waals surface area contributed by atoms with Crippen molar-refractivity contribution in [2.45, 2.75) is 19.3 Å². The number of aromatic amines is 1. The summed E-state index contributed by atoms with van der Waals surface area (Å²) in [6, 6.07) is 5.77. The minimum atomic E-state index is -0.0565. The highest BCUT2D eigenvalue weighted by molar-refractivity contribution is 5.89. The number of aliphatic hydroxyl groups excluding tert-OH is 1. The summed E-state index contributed by atoms with van der Waals surface area (Å²) in [6.07, 6.45) is 4.18. The van der Waals surface area contributed by atoms with E-state index in [1.165, 1.54) is 0 Å². The third kappa shape index (κ3) is 2.88. The Hall–Kier alpha value is -2.01. The average molecular weight is 288 g/mol. The first-order valence-electron chi connectivity index (χ1n) is 7.17. The highest BCUT2D eigenvalue weighted by Gasteiger charge is 2.42. The predicted molar refractivity (Wildman–Crippen MR) is 80.3 cm³/mol. The fraction of sp³-hybridized carbons (Fsp3) is 0.438. The molecule has 0 radical (unpaired) electrons. The van der Waals surface area contributed by atoms with Crippen LogP contribution in [0.25, 0.3) is 10.9 Å². The minimum Gasteiger partial charge on any atom is -0.497 e. The molecule has 1 fully saturated rings. The van der Waals surface area contributed by atoms with Crippen LogP contribution in [0.3, 0.4) is 0 Å². The van der Waals surface area contributed by atoms with Crippen molar-refractivity contribution >= 4 is 16.8 Å². The number of H-pyrrole nitrogens is 1. The molecule has 1 aliphatic carbocycles. The van der Waals surface area contributed by atoms with Crippen molar-refractivity contribution in [2.75, 3.05) is 20.3 Å². The molecule has 5 nitrogen and oxygen atoms in total. The topological polar surface area (TPSA) is 74.4 Å². The first-order chi connectivity index (χ1) is 10.2. The zero-order valence-corrected chi connectivity index (χ0v) is 12.1. The fourth-order valence-electron chi connectivity index (χ4n) is 2.52. The fourth-order valence-corrected chi connectivity index (χ4v) is 2.52. The van der Waals surface area contributed by atoms with Gasteiger partial charge in [-0.2, -0.15) is 0 Å². The molecule has 1 aromatic heterocycles. The van der Waals surface area contributed by atoms with E-state index in [0.717, 1.165) is 35.1 Å². The molecule has 0 unspecified atom stereocenters. The number of nitrogens with one attached hydrogen (secondary N) is 2. The van der Waals surface area contributed by atoms with Crippen LogP contribution >= 0.6 is 0 Å². The molecule has 0 aliphatic heterocycles. The Balaban J connectivity index is 1.68. The highest BCUT2D eigenvalue weighted by Crippen LogP contribution is 2.44. The van der Waals surface area contributed by atoms with Gasteiger partial charge in [0.2, 0.25) is 5.91 Å². The Labute approximate surface area is 123 Å². The van der Waals surface area contributed by atoms with E-state index in [9.17, 15) is 9.90 Å². The van der Waals surface area contributed by atoms with Gasteiger partial charge in [-0.15, -0.1) is 0 Å². The lowest BCUT2D eigenvalue weighted by atomic mass is 10.1. The number of benzene rings is 1. The number of methoxy groups -OCH3 is 1. The number of rotatable bonds is 6. The van der Waals surface area contributed by atoms with Crippen molar-refractivity contribution in [2.24, 2.45) is 5.41 Å². The minimum absolute atomic E-state index is 0.0153. The van der Waals surface area contributed by atoms with E-state index in [4.69, 9.17) is 4.74 Å². The van der Waals surface area contributed by atoms with Gasteiger partial charge in [0.25, 0.3) is 0 Å². The Morgan fingerprint density at radius 1 is 1.48 bits per heavy atom. The number of carbonyl (C=O) groups is 1. The summed E-state index contributed by atoms with van der Waals surface area (Å²) in [6.45, 7) is 0.714. The Bertz CT molecular complexity index is 659. The second-order valence-corrected chi connectivity index (χ2v) is 5.84. The van der Waals surface area contributed by atoms with Crippen LogP contribution < -0.4 is 10.1 Å². The maximum absolute atomic E-state index is 12.1. The molecule has 0 bridgehead atoms. The van der Waals surface area contributed by atoms with Gasteiger partial charge in [0.1, 0.15) is 5.75 Å². The van der Waals surface area contributed by atoms with Crippen LogP contribution in [-0.2, 0) is 11.2 Å². The molecule has 1 aliphatic rings. The molecule has 3 N–H and O–H groups in total. The summed E-state index contributed by atoms with van der Waals surface area (Å²) >= 11 is 0. The molecule has 0 spiro atoms. The van der Waals surface area contributed by atoms with E-state index in [1.54, 1.807) is 7.11 Å². The largest absolute Gasteiger partial charge is 0.497 e. The highest BCUT2D eigenvalue weighted by atomic mass is 16.5. The van der Waals surface area contributed by atoms with Gasteiger partial charge in [-0.05, 0) is 36.6 Å². The molecule has 1 aromatic carbocycles. The summed E-state index contributed by atoms with van der Waals surface area (Å²) in [5.74, 6) is 0.763. The van der Waals surface area contributed by atoms with E-state index in [0.29, 0.717) is 13.0 Å². The molecule has 0 saturated heterocycles. The smallest absolute Gasteiger partial charge is 0.224 e. The number of fused-ring (bicyclic) bond motifs is 1. The van der Waals surface area contributed by atoms with Crippen LogP contribution in [0.2, 0.25) is 0 Å². The number of hydrogen-bond acceptors (Lipinski definition) is 3. The zero-order valence-electron chi connectivity index (χ0n) is 12.1. The lowest BCUT2D eigenvalue weighted by Gasteiger charge is -2.12. The Morgan fingerprint density at radius 3 is 2.95 bits per heavy atom. The van der Waals surface area contributed by atoms with E-state index < -0.39 is 0 Å². The average Bonchev–Trinajstić information content (AvgIpc) is 3.20. The molecule has 3 rings (SSSR count). The first kappa shape index (κ1) is 13.9. The Morgan fingerprint density at radius 2 is 2.29 bits per heavy atom. The summed E-state index contributed by atoms with van der Waals surface area (Å²) in [5.41, 5.74) is 1.89. The van der Waals surface area contributed by atoms with Crippen molar-refractivity contribution in [3.63, 3.8) is 0 Å². The van der Waals surface area contributed by atoms with Crippen molar-refractivity contribution in [3.8, 4) is 5.75 Å². The van der Waals surface area contributed by atoms with Crippen LogP contribution in [0.1, 0.15) is 18.4 Å². The monoisotopic (exact) mass is 288 g/mol. The standard InChI is InChI=1S/C16H20N2O3/c1-21-12-2-3-14-13(7-12)11(8-17-14)6-15(20)18-9-16(10-19)4-5-16/h2-3,7-8,17,19H,4-6,9-10H2,1H3,(H,18,20). The summed E-state index contributed by atoms with van der Waals surface area (Å²) in [7, 11) is 1.63. The van der Waals surface area contributed by atoms with Crippen LogP contribution in [0.15, 0.2) is 24.4 Å². The molecule has 1 saturated carbocycles. The SMILES string of the molecule is COc1ccc2[nH]cc(CC(=O)NCC3(CO)CC3)c2c1. The van der Waals surface area contributed by atoms with Crippen LogP contribution in [-0.4, -0.2) is 36.3 Å². The Kier molecular flexibility index (Phi) is 3.59. The second kappa shape index (κ2) is 5.41. The van der Waals surface area contributed by atoms with Gasteiger partial charge >= 0.3 is 0 Å². The predicted octanol–water partition coefficient (Wildman–Crippen LogP) is 1.61. The van der Waals surface area contributed by atoms with E-state index >= 15 is 0 Å². The van der Waals surface area contributed by atoms with Crippen molar-refractivity contribution in [1.82, 2.24) is 10.3 Å². The third-order valence-corrected chi connectivity index (χ3v) is 4.28. The molecule has 1 amide bonds. The van der Waals surface area contributed by atoms with Gasteiger partial charge in [-0.25, -0.2) is 0 Å². The van der Waals surface area contributed by atoms with Crippen molar-refractivity contribution < 1.29 is 14.6 Å². The number of aliphatic hydroxyl groups is 1. The summed E-state index contributed by atoms with van der Waals surface area (Å²) < 4.78 is 5.22. The van der Waals surface area contributed by atoms with Crippen LogP contribution in [0.4, 0.5) is 0 Å². The lowest BCUT2D eigenvalue weighted by Crippen LogP contribution is -2.32. The normalized spacial score (nSPS) is 15.9. The van der Waals surface area contributed by atoms with Gasteiger partial charge in [0, 0.05) is 29.1 Å². The summed E-state index contributed by atoms with van der Waals surface area (Å²) in [5, 5.41) is 13.2. The van der Waals surface area contributed by atoms with Gasteiger partial charge < -0.3 is 20.1 Å². The number of hydrogen-bond donors (Lipinski definition) is 3. The molecule has 5 heteroatoms. The van der Waals surface area contributed by atoms with E-state index in [-0.39, 0.29) is 17.9 Å². The van der Waals surface area contributed by atoms with E-state index in [1.807, 2.05) is 24.4 Å². The quantitative estimate of drug-likeness (QED) is 0.756. The number of ether oxygens (including phenoxy) is 1. The molecule has 1 heterocycles. The maximum atomic E-state index is 12.1. The number of carbonyl (C=O) groups excluding carboxylic acids is 1. The van der Waals surface area contributed by atoms with E-state index in [2.05, 4.69) is 10.3 Å².